The quantitative estimate of drug-likeness (QED) is 0.889. The lowest BCUT2D eigenvalue weighted by molar-refractivity contribution is -0.117. The molecule has 2 N–H and O–H groups in total. The Hall–Kier alpha value is -1.86. The Morgan fingerprint density at radius 2 is 2.33 bits per heavy atom. The van der Waals surface area contributed by atoms with E-state index in [1.54, 1.807) is 18.1 Å². The van der Waals surface area contributed by atoms with Crippen LogP contribution < -0.4 is 10.6 Å². The second-order valence-electron chi connectivity index (χ2n) is 4.88. The van der Waals surface area contributed by atoms with Gasteiger partial charge in [-0.2, -0.15) is 11.8 Å². The van der Waals surface area contributed by atoms with E-state index in [9.17, 15) is 4.79 Å². The fourth-order valence-corrected chi connectivity index (χ4v) is 3.20. The number of thioether (sulfide) groups is 1. The zero-order chi connectivity index (χ0) is 14.7. The van der Waals surface area contributed by atoms with Gasteiger partial charge in [0.25, 0.3) is 0 Å². The second-order valence-corrected chi connectivity index (χ2v) is 6.03. The maximum Gasteiger partial charge on any atom is 0.242 e. The Morgan fingerprint density at radius 1 is 1.48 bits per heavy atom. The van der Waals surface area contributed by atoms with E-state index in [0.29, 0.717) is 0 Å². The summed E-state index contributed by atoms with van der Waals surface area (Å²) in [6.45, 7) is 0.869. The first-order valence-corrected chi connectivity index (χ1v) is 7.96. The predicted molar refractivity (Wildman–Crippen MR) is 84.2 cm³/mol. The van der Waals surface area contributed by atoms with Gasteiger partial charge in [0.15, 0.2) is 5.82 Å². The summed E-state index contributed by atoms with van der Waals surface area (Å²) in [6.07, 6.45) is 1.65. The third-order valence-corrected chi connectivity index (χ3v) is 4.44. The van der Waals surface area contributed by atoms with Crippen molar-refractivity contribution in [1.82, 2.24) is 20.1 Å². The molecule has 1 fully saturated rings. The first kappa shape index (κ1) is 14.1. The molecule has 1 saturated heterocycles. The van der Waals surface area contributed by atoms with E-state index in [4.69, 9.17) is 0 Å². The Balaban J connectivity index is 1.82. The maximum absolute atomic E-state index is 12.3. The van der Waals surface area contributed by atoms with Crippen LogP contribution in [-0.4, -0.2) is 44.8 Å². The van der Waals surface area contributed by atoms with Crippen LogP contribution in [-0.2, 0) is 11.8 Å². The summed E-state index contributed by atoms with van der Waals surface area (Å²) in [5.74, 6) is 2.59. The van der Waals surface area contributed by atoms with Gasteiger partial charge in [-0.25, -0.2) is 0 Å². The SMILES string of the molecule is Cn1cnnc1-c1ccccc1NC(=O)C1CSCCN1. The minimum Gasteiger partial charge on any atom is -0.324 e. The smallest absolute Gasteiger partial charge is 0.242 e. The third kappa shape index (κ3) is 3.08. The molecule has 3 rings (SSSR count). The molecule has 1 amide bonds. The highest BCUT2D eigenvalue weighted by Gasteiger charge is 2.22. The van der Waals surface area contributed by atoms with Crippen molar-refractivity contribution < 1.29 is 4.79 Å². The molecule has 2 heterocycles. The Morgan fingerprint density at radius 3 is 3.05 bits per heavy atom. The zero-order valence-electron chi connectivity index (χ0n) is 11.7. The Labute approximate surface area is 127 Å². The Bertz CT molecular complexity index is 636. The highest BCUT2D eigenvalue weighted by Crippen LogP contribution is 2.25. The van der Waals surface area contributed by atoms with Crippen LogP contribution in [0, 0.1) is 0 Å². The molecular weight excluding hydrogens is 286 g/mol. The molecule has 1 unspecified atom stereocenters. The average Bonchev–Trinajstić information content (AvgIpc) is 2.95. The number of para-hydroxylation sites is 1. The van der Waals surface area contributed by atoms with Crippen LogP contribution in [0.3, 0.4) is 0 Å². The van der Waals surface area contributed by atoms with Gasteiger partial charge >= 0.3 is 0 Å². The number of rotatable bonds is 3. The fourth-order valence-electron chi connectivity index (χ4n) is 2.27. The molecule has 1 aromatic heterocycles. The van der Waals surface area contributed by atoms with Gasteiger partial charge in [-0.1, -0.05) is 12.1 Å². The summed E-state index contributed by atoms with van der Waals surface area (Å²) < 4.78 is 1.83. The van der Waals surface area contributed by atoms with Gasteiger partial charge in [-0.05, 0) is 12.1 Å². The summed E-state index contributed by atoms with van der Waals surface area (Å²) >= 11 is 1.80. The van der Waals surface area contributed by atoms with Crippen molar-refractivity contribution in [2.75, 3.05) is 23.4 Å². The molecule has 1 aliphatic rings. The normalized spacial score (nSPS) is 18.4. The van der Waals surface area contributed by atoms with Crippen LogP contribution in [0.4, 0.5) is 5.69 Å². The summed E-state index contributed by atoms with van der Waals surface area (Å²) in [6, 6.07) is 7.50. The van der Waals surface area contributed by atoms with E-state index in [1.165, 1.54) is 0 Å². The molecule has 1 aromatic carbocycles. The van der Waals surface area contributed by atoms with Gasteiger partial charge < -0.3 is 15.2 Å². The van der Waals surface area contributed by atoms with E-state index >= 15 is 0 Å². The first-order chi connectivity index (χ1) is 10.3. The number of nitrogens with one attached hydrogen (secondary N) is 2. The fraction of sp³-hybridized carbons (Fsp3) is 0.357. The largest absolute Gasteiger partial charge is 0.324 e. The number of anilines is 1. The van der Waals surface area contributed by atoms with Crippen LogP contribution in [0.25, 0.3) is 11.4 Å². The molecule has 2 aromatic rings. The number of hydrogen-bond acceptors (Lipinski definition) is 5. The van der Waals surface area contributed by atoms with E-state index in [1.807, 2.05) is 35.9 Å². The number of hydrogen-bond donors (Lipinski definition) is 2. The second kappa shape index (κ2) is 6.28. The highest BCUT2D eigenvalue weighted by molar-refractivity contribution is 7.99. The van der Waals surface area contributed by atoms with Crippen molar-refractivity contribution in [2.45, 2.75) is 6.04 Å². The van der Waals surface area contributed by atoms with Gasteiger partial charge in [-0.15, -0.1) is 10.2 Å². The Kier molecular flexibility index (Phi) is 4.21. The lowest BCUT2D eigenvalue weighted by Gasteiger charge is -2.22. The molecule has 0 aliphatic carbocycles. The van der Waals surface area contributed by atoms with E-state index in [0.717, 1.165) is 35.1 Å². The van der Waals surface area contributed by atoms with Gasteiger partial charge in [0.2, 0.25) is 5.91 Å². The lowest BCUT2D eigenvalue weighted by atomic mass is 10.1. The molecule has 7 heteroatoms. The van der Waals surface area contributed by atoms with Crippen LogP contribution >= 0.6 is 11.8 Å². The van der Waals surface area contributed by atoms with Crippen molar-refractivity contribution in [3.8, 4) is 11.4 Å². The number of amides is 1. The summed E-state index contributed by atoms with van der Waals surface area (Å²) in [5.41, 5.74) is 1.63. The van der Waals surface area contributed by atoms with Crippen molar-refractivity contribution in [3.05, 3.63) is 30.6 Å². The number of carbonyl (C=O) groups excluding carboxylic acids is 1. The molecule has 110 valence electrons. The van der Waals surface area contributed by atoms with Gasteiger partial charge in [0.1, 0.15) is 6.33 Å². The highest BCUT2D eigenvalue weighted by atomic mass is 32.2. The van der Waals surface area contributed by atoms with Crippen LogP contribution in [0.5, 0.6) is 0 Å². The monoisotopic (exact) mass is 303 g/mol. The minimum atomic E-state index is -0.142. The molecule has 0 radical (unpaired) electrons. The van der Waals surface area contributed by atoms with Crippen LogP contribution in [0.1, 0.15) is 0 Å². The van der Waals surface area contributed by atoms with Crippen LogP contribution in [0.2, 0.25) is 0 Å². The molecule has 0 bridgehead atoms. The topological polar surface area (TPSA) is 71.8 Å². The number of aromatic nitrogens is 3. The third-order valence-electron chi connectivity index (χ3n) is 3.38. The molecule has 0 spiro atoms. The molecule has 6 nitrogen and oxygen atoms in total. The molecule has 1 atom stereocenters. The van der Waals surface area contributed by atoms with E-state index < -0.39 is 0 Å². The number of nitrogens with zero attached hydrogens (tertiary/aromatic N) is 3. The summed E-state index contributed by atoms with van der Waals surface area (Å²) in [5, 5.41) is 14.2. The minimum absolute atomic E-state index is 0.00295. The number of aryl methyl sites for hydroxylation is 1. The molecule has 21 heavy (non-hydrogen) atoms. The summed E-state index contributed by atoms with van der Waals surface area (Å²) in [7, 11) is 1.88. The molecule has 1 aliphatic heterocycles. The van der Waals surface area contributed by atoms with Crippen molar-refractivity contribution in [1.29, 1.82) is 0 Å². The average molecular weight is 303 g/mol. The maximum atomic E-state index is 12.3. The van der Waals surface area contributed by atoms with Crippen LogP contribution in [0.15, 0.2) is 30.6 Å². The summed E-state index contributed by atoms with van der Waals surface area (Å²) in [4.78, 5) is 12.3. The standard InChI is InChI=1S/C14H17N5OS/c1-19-9-16-18-13(19)10-4-2-3-5-11(10)17-14(20)12-8-21-7-6-15-12/h2-5,9,12,15H,6-8H2,1H3,(H,17,20). The van der Waals surface area contributed by atoms with Crippen molar-refractivity contribution in [3.63, 3.8) is 0 Å². The van der Waals surface area contributed by atoms with E-state index in [-0.39, 0.29) is 11.9 Å². The zero-order valence-corrected chi connectivity index (χ0v) is 12.6. The molecular formula is C14H17N5OS. The number of carbonyl (C=O) groups is 1. The predicted octanol–water partition coefficient (Wildman–Crippen LogP) is 1.13. The first-order valence-electron chi connectivity index (χ1n) is 6.81. The van der Waals surface area contributed by atoms with Crippen molar-refractivity contribution in [2.24, 2.45) is 7.05 Å². The lowest BCUT2D eigenvalue weighted by Crippen LogP contribution is -2.46. The van der Waals surface area contributed by atoms with Gasteiger partial charge in [0, 0.05) is 30.7 Å². The number of benzene rings is 1. The van der Waals surface area contributed by atoms with Gasteiger partial charge in [0.05, 0.1) is 11.7 Å². The molecule has 0 saturated carbocycles. The van der Waals surface area contributed by atoms with Gasteiger partial charge in [-0.3, -0.25) is 4.79 Å². The van der Waals surface area contributed by atoms with E-state index in [2.05, 4.69) is 20.8 Å². The van der Waals surface area contributed by atoms with Crippen molar-refractivity contribution >= 4 is 23.4 Å².